The van der Waals surface area contributed by atoms with Crippen molar-refractivity contribution >= 4 is 52.3 Å². The van der Waals surface area contributed by atoms with Crippen LogP contribution >= 0.6 is 35.0 Å². The molecular formula is C18H14Cl2N6OS. The number of aryl methyl sites for hydroxylation is 1. The fourth-order valence-electron chi connectivity index (χ4n) is 2.66. The smallest absolute Gasteiger partial charge is 0.236 e. The molecule has 0 radical (unpaired) electrons. The number of anilines is 1. The molecule has 28 heavy (non-hydrogen) atoms. The highest BCUT2D eigenvalue weighted by atomic mass is 35.5. The molecule has 0 spiro atoms. The van der Waals surface area contributed by atoms with E-state index in [0.717, 1.165) is 11.4 Å². The highest BCUT2D eigenvalue weighted by Crippen LogP contribution is 2.25. The lowest BCUT2D eigenvalue weighted by molar-refractivity contribution is -0.113. The van der Waals surface area contributed by atoms with E-state index in [0.29, 0.717) is 26.7 Å². The minimum atomic E-state index is -0.188. The monoisotopic (exact) mass is 432 g/mol. The molecule has 0 aliphatic rings. The molecule has 4 rings (SSSR count). The highest BCUT2D eigenvalue weighted by Gasteiger charge is 2.14. The normalized spacial score (nSPS) is 11.1. The van der Waals surface area contributed by atoms with Gasteiger partial charge >= 0.3 is 0 Å². The number of thioether (sulfide) groups is 1. The van der Waals surface area contributed by atoms with Gasteiger partial charge in [-0.25, -0.2) is 4.68 Å². The number of nitrogens with zero attached hydrogens (tertiary/aromatic N) is 5. The van der Waals surface area contributed by atoms with Gasteiger partial charge in [-0.1, -0.05) is 53.2 Å². The highest BCUT2D eigenvalue weighted by molar-refractivity contribution is 7.99. The quantitative estimate of drug-likeness (QED) is 0.476. The summed E-state index contributed by atoms with van der Waals surface area (Å²) in [5, 5.41) is 16.8. The van der Waals surface area contributed by atoms with Crippen molar-refractivity contribution in [2.75, 3.05) is 11.1 Å². The Kier molecular flexibility index (Phi) is 5.25. The van der Waals surface area contributed by atoms with Gasteiger partial charge in [-0.05, 0) is 25.1 Å². The van der Waals surface area contributed by atoms with Crippen LogP contribution in [0.4, 0.5) is 5.82 Å². The molecule has 0 aliphatic carbocycles. The molecule has 0 unspecified atom stereocenters. The minimum Gasteiger partial charge on any atom is -0.310 e. The Morgan fingerprint density at radius 3 is 2.75 bits per heavy atom. The average Bonchev–Trinajstić information content (AvgIpc) is 3.24. The molecule has 1 amide bonds. The molecule has 0 saturated carbocycles. The predicted octanol–water partition coefficient (Wildman–Crippen LogP) is 4.26. The van der Waals surface area contributed by atoms with Gasteiger partial charge in [0.1, 0.15) is 5.82 Å². The van der Waals surface area contributed by atoms with Crippen molar-refractivity contribution in [2.24, 2.45) is 0 Å². The number of para-hydroxylation sites is 1. The number of aromatic nitrogens is 5. The summed E-state index contributed by atoms with van der Waals surface area (Å²) in [5.74, 6) is 0.558. The van der Waals surface area contributed by atoms with E-state index in [9.17, 15) is 4.79 Å². The number of benzene rings is 1. The first kappa shape index (κ1) is 18.8. The van der Waals surface area contributed by atoms with Crippen LogP contribution in [0.2, 0.25) is 10.0 Å². The maximum absolute atomic E-state index is 12.5. The molecule has 1 N–H and O–H groups in total. The third-order valence-corrected chi connectivity index (χ3v) is 5.26. The van der Waals surface area contributed by atoms with Gasteiger partial charge in [0.2, 0.25) is 5.91 Å². The van der Waals surface area contributed by atoms with Gasteiger partial charge in [-0.15, -0.1) is 10.2 Å². The number of pyridine rings is 1. The second-order valence-corrected chi connectivity index (χ2v) is 7.72. The number of halogens is 2. The number of carbonyl (C=O) groups excluding carboxylic acids is 1. The van der Waals surface area contributed by atoms with E-state index in [1.54, 1.807) is 21.3 Å². The van der Waals surface area contributed by atoms with Gasteiger partial charge < -0.3 is 5.32 Å². The van der Waals surface area contributed by atoms with Crippen molar-refractivity contribution in [3.05, 3.63) is 64.4 Å². The maximum Gasteiger partial charge on any atom is 0.236 e. The summed E-state index contributed by atoms with van der Waals surface area (Å²) >= 11 is 13.4. The fraction of sp³-hybridized carbons (Fsp3) is 0.111. The topological polar surface area (TPSA) is 77.1 Å². The lowest BCUT2D eigenvalue weighted by Gasteiger charge is -2.08. The molecule has 0 saturated heterocycles. The lowest BCUT2D eigenvalue weighted by Crippen LogP contribution is -2.17. The molecule has 0 bridgehead atoms. The van der Waals surface area contributed by atoms with Gasteiger partial charge in [-0.3, -0.25) is 9.20 Å². The van der Waals surface area contributed by atoms with Gasteiger partial charge in [0.25, 0.3) is 0 Å². The standard InChI is InChI=1S/C18H14Cl2N6OS/c1-11-7-15(26(24-11)13-5-3-2-4-6-13)21-16(27)10-28-18-23-22-17-14(20)8-12(19)9-25(17)18/h2-9H,10H2,1H3,(H,21,27). The van der Waals surface area contributed by atoms with Crippen molar-refractivity contribution in [3.63, 3.8) is 0 Å². The maximum atomic E-state index is 12.5. The molecule has 0 aliphatic heterocycles. The molecule has 10 heteroatoms. The van der Waals surface area contributed by atoms with Gasteiger partial charge in [0.15, 0.2) is 10.8 Å². The summed E-state index contributed by atoms with van der Waals surface area (Å²) in [4.78, 5) is 12.5. The second kappa shape index (κ2) is 7.83. The van der Waals surface area contributed by atoms with E-state index >= 15 is 0 Å². The van der Waals surface area contributed by atoms with E-state index in [2.05, 4.69) is 20.6 Å². The predicted molar refractivity (Wildman–Crippen MR) is 111 cm³/mol. The summed E-state index contributed by atoms with van der Waals surface area (Å²) in [6, 6.07) is 13.0. The molecule has 0 fully saturated rings. The van der Waals surface area contributed by atoms with Crippen molar-refractivity contribution in [2.45, 2.75) is 12.1 Å². The van der Waals surface area contributed by atoms with Crippen molar-refractivity contribution < 1.29 is 4.79 Å². The van der Waals surface area contributed by atoms with Gasteiger partial charge in [0, 0.05) is 12.3 Å². The molecule has 4 aromatic rings. The second-order valence-electron chi connectivity index (χ2n) is 5.94. The van der Waals surface area contributed by atoms with E-state index in [1.165, 1.54) is 11.8 Å². The van der Waals surface area contributed by atoms with Crippen molar-refractivity contribution in [1.82, 2.24) is 24.4 Å². The number of fused-ring (bicyclic) bond motifs is 1. The van der Waals surface area contributed by atoms with Crippen LogP contribution in [0.15, 0.2) is 53.8 Å². The number of rotatable bonds is 5. The SMILES string of the molecule is Cc1cc(NC(=O)CSc2nnc3c(Cl)cc(Cl)cn23)n(-c2ccccc2)n1. The summed E-state index contributed by atoms with van der Waals surface area (Å²) in [6.07, 6.45) is 1.66. The van der Waals surface area contributed by atoms with Crippen LogP contribution in [0.25, 0.3) is 11.3 Å². The molecular weight excluding hydrogens is 419 g/mol. The molecule has 142 valence electrons. The first-order valence-corrected chi connectivity index (χ1v) is 10.00. The summed E-state index contributed by atoms with van der Waals surface area (Å²) in [6.45, 7) is 1.87. The van der Waals surface area contributed by atoms with E-state index in [-0.39, 0.29) is 11.7 Å². The van der Waals surface area contributed by atoms with Crippen molar-refractivity contribution in [3.8, 4) is 5.69 Å². The Hall–Kier alpha value is -2.55. The lowest BCUT2D eigenvalue weighted by atomic mass is 10.3. The summed E-state index contributed by atoms with van der Waals surface area (Å²) in [7, 11) is 0. The molecule has 3 aromatic heterocycles. The first-order valence-electron chi connectivity index (χ1n) is 8.26. The van der Waals surface area contributed by atoms with Crippen LogP contribution in [0, 0.1) is 6.92 Å². The van der Waals surface area contributed by atoms with E-state index in [1.807, 2.05) is 43.3 Å². The van der Waals surface area contributed by atoms with Crippen LogP contribution in [-0.4, -0.2) is 36.0 Å². The molecule has 0 atom stereocenters. The molecule has 3 heterocycles. The largest absolute Gasteiger partial charge is 0.310 e. The number of carbonyl (C=O) groups is 1. The zero-order valence-corrected chi connectivity index (χ0v) is 17.0. The Morgan fingerprint density at radius 1 is 1.18 bits per heavy atom. The third kappa shape index (κ3) is 3.84. The average molecular weight is 433 g/mol. The van der Waals surface area contributed by atoms with Gasteiger partial charge in [-0.2, -0.15) is 5.10 Å². The number of hydrogen-bond acceptors (Lipinski definition) is 5. The molecule has 1 aromatic carbocycles. The number of amides is 1. The van der Waals surface area contributed by atoms with Crippen molar-refractivity contribution in [1.29, 1.82) is 0 Å². The van der Waals surface area contributed by atoms with E-state index in [4.69, 9.17) is 23.2 Å². The van der Waals surface area contributed by atoms with Gasteiger partial charge in [0.05, 0.1) is 27.2 Å². The van der Waals surface area contributed by atoms with E-state index < -0.39 is 0 Å². The fourth-order valence-corrected chi connectivity index (χ4v) is 3.88. The Bertz CT molecular complexity index is 1160. The Balaban J connectivity index is 1.49. The zero-order chi connectivity index (χ0) is 19.7. The number of nitrogens with one attached hydrogen (secondary N) is 1. The van der Waals surface area contributed by atoms with Crippen LogP contribution in [0.5, 0.6) is 0 Å². The zero-order valence-electron chi connectivity index (χ0n) is 14.6. The van der Waals surface area contributed by atoms with Crippen LogP contribution in [-0.2, 0) is 4.79 Å². The Morgan fingerprint density at radius 2 is 1.96 bits per heavy atom. The van der Waals surface area contributed by atoms with Crippen LogP contribution in [0.3, 0.4) is 0 Å². The summed E-state index contributed by atoms with van der Waals surface area (Å²) < 4.78 is 3.37. The first-order chi connectivity index (χ1) is 13.5. The molecule has 7 nitrogen and oxygen atoms in total. The number of hydrogen-bond donors (Lipinski definition) is 1. The third-order valence-electron chi connectivity index (χ3n) is 3.83. The van der Waals surface area contributed by atoms with Crippen LogP contribution < -0.4 is 5.32 Å². The minimum absolute atomic E-state index is 0.143. The summed E-state index contributed by atoms with van der Waals surface area (Å²) in [5.41, 5.74) is 2.16. The Labute approximate surface area is 174 Å². The van der Waals surface area contributed by atoms with Crippen LogP contribution in [0.1, 0.15) is 5.69 Å².